The summed E-state index contributed by atoms with van der Waals surface area (Å²) in [6, 6.07) is 6.99. The van der Waals surface area contributed by atoms with Crippen LogP contribution in [0.1, 0.15) is 13.3 Å². The zero-order valence-corrected chi connectivity index (χ0v) is 11.7. The lowest BCUT2D eigenvalue weighted by Crippen LogP contribution is -2.41. The zero-order valence-electron chi connectivity index (χ0n) is 11.7. The van der Waals surface area contributed by atoms with Crippen molar-refractivity contribution < 1.29 is 9.50 Å². The van der Waals surface area contributed by atoms with Crippen molar-refractivity contribution in [3.8, 4) is 0 Å². The van der Waals surface area contributed by atoms with Crippen LogP contribution < -0.4 is 4.90 Å². The Hall–Kier alpha value is -1.13. The molecule has 19 heavy (non-hydrogen) atoms. The van der Waals surface area contributed by atoms with Crippen LogP contribution in [-0.2, 0) is 0 Å². The number of rotatable bonds is 3. The maximum Gasteiger partial charge on any atom is 0.125 e. The summed E-state index contributed by atoms with van der Waals surface area (Å²) < 4.78 is 13.4. The average Bonchev–Trinajstić information content (AvgIpc) is 2.48. The minimum atomic E-state index is -0.203. The molecule has 4 heteroatoms. The van der Waals surface area contributed by atoms with Crippen LogP contribution >= 0.6 is 0 Å². The quantitative estimate of drug-likeness (QED) is 0.906. The van der Waals surface area contributed by atoms with Gasteiger partial charge in [-0.3, -0.25) is 0 Å². The van der Waals surface area contributed by atoms with Crippen LogP contribution in [0, 0.1) is 11.7 Å². The third-order valence-corrected chi connectivity index (χ3v) is 3.70. The first-order valence-corrected chi connectivity index (χ1v) is 6.91. The third-order valence-electron chi connectivity index (χ3n) is 3.70. The second kappa shape index (κ2) is 6.35. The molecule has 2 unspecified atom stereocenters. The molecule has 0 spiro atoms. The van der Waals surface area contributed by atoms with E-state index in [2.05, 4.69) is 23.8 Å². The Kier molecular flexibility index (Phi) is 4.77. The van der Waals surface area contributed by atoms with Gasteiger partial charge in [-0.1, -0.05) is 13.0 Å². The molecule has 1 N–H and O–H groups in total. The van der Waals surface area contributed by atoms with Crippen LogP contribution in [0.4, 0.5) is 10.1 Å². The van der Waals surface area contributed by atoms with Gasteiger partial charge in [-0.15, -0.1) is 0 Å². The minimum Gasteiger partial charge on any atom is -0.396 e. The molecule has 2 atom stereocenters. The molecule has 3 nitrogen and oxygen atoms in total. The summed E-state index contributed by atoms with van der Waals surface area (Å²) in [5, 5.41) is 9.26. The molecule has 1 aliphatic rings. The summed E-state index contributed by atoms with van der Waals surface area (Å²) in [6.07, 6.45) is 0.716. The molecule has 1 aromatic rings. The van der Waals surface area contributed by atoms with Gasteiger partial charge in [0.05, 0.1) is 0 Å². The van der Waals surface area contributed by atoms with Gasteiger partial charge in [-0.25, -0.2) is 4.39 Å². The standard InChI is InChI=1S/C15H23FN2O/c1-12-9-17(2)11-15(6-7-19)18(10-12)14-5-3-4-13(16)8-14/h3-5,8,12,15,19H,6-7,9-11H2,1-2H3. The molecule has 106 valence electrons. The number of aliphatic hydroxyl groups excluding tert-OH is 1. The van der Waals surface area contributed by atoms with Gasteiger partial charge in [-0.2, -0.15) is 0 Å². The van der Waals surface area contributed by atoms with Crippen molar-refractivity contribution in [3.63, 3.8) is 0 Å². The first-order valence-electron chi connectivity index (χ1n) is 6.91. The van der Waals surface area contributed by atoms with Gasteiger partial charge in [0.15, 0.2) is 0 Å². The van der Waals surface area contributed by atoms with Crippen molar-refractivity contribution in [3.05, 3.63) is 30.1 Å². The van der Waals surface area contributed by atoms with Crippen LogP contribution in [0.15, 0.2) is 24.3 Å². The molecule has 0 saturated carbocycles. The van der Waals surface area contributed by atoms with E-state index in [-0.39, 0.29) is 18.5 Å². The summed E-state index contributed by atoms with van der Waals surface area (Å²) in [7, 11) is 2.11. The zero-order chi connectivity index (χ0) is 13.8. The summed E-state index contributed by atoms with van der Waals surface area (Å²) >= 11 is 0. The molecule has 0 radical (unpaired) electrons. The van der Waals surface area contributed by atoms with Crippen molar-refractivity contribution in [2.75, 3.05) is 38.2 Å². The van der Waals surface area contributed by atoms with E-state index in [1.54, 1.807) is 12.1 Å². The minimum absolute atomic E-state index is 0.165. The fourth-order valence-electron chi connectivity index (χ4n) is 2.97. The predicted octanol–water partition coefficient (Wildman–Crippen LogP) is 1.96. The van der Waals surface area contributed by atoms with Crippen molar-refractivity contribution in [2.24, 2.45) is 5.92 Å². The summed E-state index contributed by atoms with van der Waals surface area (Å²) in [5.41, 5.74) is 0.917. The topological polar surface area (TPSA) is 26.7 Å². The Bertz CT molecular complexity index is 413. The van der Waals surface area contributed by atoms with Gasteiger partial charge in [-0.05, 0) is 37.6 Å². The SMILES string of the molecule is CC1CN(C)CC(CCO)N(c2cccc(F)c2)C1. The molecule has 0 aromatic heterocycles. The highest BCUT2D eigenvalue weighted by Crippen LogP contribution is 2.24. The van der Waals surface area contributed by atoms with E-state index in [0.717, 1.165) is 25.3 Å². The highest BCUT2D eigenvalue weighted by atomic mass is 19.1. The van der Waals surface area contributed by atoms with Gasteiger partial charge in [0, 0.05) is 38.0 Å². The van der Waals surface area contributed by atoms with Gasteiger partial charge in [0.2, 0.25) is 0 Å². The monoisotopic (exact) mass is 266 g/mol. The Morgan fingerprint density at radius 2 is 2.11 bits per heavy atom. The number of halogens is 1. The van der Waals surface area contributed by atoms with Gasteiger partial charge >= 0.3 is 0 Å². The molecule has 1 fully saturated rings. The van der Waals surface area contributed by atoms with Crippen molar-refractivity contribution >= 4 is 5.69 Å². The molecule has 0 bridgehead atoms. The second-order valence-corrected chi connectivity index (χ2v) is 5.62. The Labute approximate surface area is 114 Å². The first kappa shape index (κ1) is 14.3. The van der Waals surface area contributed by atoms with Crippen LogP contribution in [0.3, 0.4) is 0 Å². The molecule has 1 heterocycles. The first-order chi connectivity index (χ1) is 9.10. The van der Waals surface area contributed by atoms with E-state index in [1.165, 1.54) is 6.07 Å². The van der Waals surface area contributed by atoms with E-state index in [4.69, 9.17) is 0 Å². The van der Waals surface area contributed by atoms with Crippen molar-refractivity contribution in [1.82, 2.24) is 4.90 Å². The van der Waals surface area contributed by atoms with Crippen LogP contribution in [0.2, 0.25) is 0 Å². The van der Waals surface area contributed by atoms with Gasteiger partial charge in [0.25, 0.3) is 0 Å². The molecule has 1 aliphatic heterocycles. The molecular formula is C15H23FN2O. The highest BCUT2D eigenvalue weighted by molar-refractivity contribution is 5.48. The normalized spacial score (nSPS) is 25.4. The molecule has 1 aromatic carbocycles. The van der Waals surface area contributed by atoms with E-state index in [1.807, 2.05) is 6.07 Å². The molecule has 0 amide bonds. The highest BCUT2D eigenvalue weighted by Gasteiger charge is 2.26. The fraction of sp³-hybridized carbons (Fsp3) is 0.600. The Morgan fingerprint density at radius 3 is 2.79 bits per heavy atom. The number of anilines is 1. The Morgan fingerprint density at radius 1 is 1.32 bits per heavy atom. The van der Waals surface area contributed by atoms with E-state index < -0.39 is 0 Å². The number of likely N-dealkylation sites (N-methyl/N-ethyl adjacent to an activating group) is 1. The summed E-state index contributed by atoms with van der Waals surface area (Å²) in [4.78, 5) is 4.54. The average molecular weight is 266 g/mol. The molecule has 2 rings (SSSR count). The van der Waals surface area contributed by atoms with Crippen LogP contribution in [-0.4, -0.2) is 49.3 Å². The van der Waals surface area contributed by atoms with Crippen LogP contribution in [0.5, 0.6) is 0 Å². The lowest BCUT2D eigenvalue weighted by atomic mass is 10.1. The summed E-state index contributed by atoms with van der Waals surface area (Å²) in [6.45, 7) is 5.22. The van der Waals surface area contributed by atoms with Gasteiger partial charge in [0.1, 0.15) is 5.82 Å². The molecule has 1 saturated heterocycles. The summed E-state index contributed by atoms with van der Waals surface area (Å²) in [5.74, 6) is 0.322. The van der Waals surface area contributed by atoms with Crippen molar-refractivity contribution in [2.45, 2.75) is 19.4 Å². The maximum absolute atomic E-state index is 13.4. The van der Waals surface area contributed by atoms with Crippen LogP contribution in [0.25, 0.3) is 0 Å². The number of hydrogen-bond acceptors (Lipinski definition) is 3. The molecular weight excluding hydrogens is 243 g/mol. The predicted molar refractivity (Wildman–Crippen MR) is 75.9 cm³/mol. The lowest BCUT2D eigenvalue weighted by Gasteiger charge is -2.33. The number of benzene rings is 1. The lowest BCUT2D eigenvalue weighted by molar-refractivity contribution is 0.250. The van der Waals surface area contributed by atoms with E-state index >= 15 is 0 Å². The maximum atomic E-state index is 13.4. The fourth-order valence-corrected chi connectivity index (χ4v) is 2.97. The number of aliphatic hydroxyl groups is 1. The van der Waals surface area contributed by atoms with Gasteiger partial charge < -0.3 is 14.9 Å². The third kappa shape index (κ3) is 3.67. The number of hydrogen-bond donors (Lipinski definition) is 1. The smallest absolute Gasteiger partial charge is 0.125 e. The van der Waals surface area contributed by atoms with E-state index in [9.17, 15) is 9.50 Å². The Balaban J connectivity index is 2.26. The number of nitrogens with zero attached hydrogens (tertiary/aromatic N) is 2. The molecule has 0 aliphatic carbocycles. The second-order valence-electron chi connectivity index (χ2n) is 5.62. The largest absolute Gasteiger partial charge is 0.396 e. The van der Waals surface area contributed by atoms with Crippen molar-refractivity contribution in [1.29, 1.82) is 0 Å². The van der Waals surface area contributed by atoms with E-state index in [0.29, 0.717) is 12.3 Å².